The molecular formula is C12H19N. The van der Waals surface area contributed by atoms with Crippen LogP contribution in [0.25, 0.3) is 0 Å². The lowest BCUT2D eigenvalue weighted by molar-refractivity contribution is 0.952. The number of hydrogen-bond donors (Lipinski definition) is 0. The fourth-order valence-electron chi connectivity index (χ4n) is 1.93. The van der Waals surface area contributed by atoms with Crippen LogP contribution in [0.2, 0.25) is 0 Å². The summed E-state index contributed by atoms with van der Waals surface area (Å²) < 4.78 is 0. The Balaban J connectivity index is 3.20. The quantitative estimate of drug-likeness (QED) is 0.671. The summed E-state index contributed by atoms with van der Waals surface area (Å²) in [4.78, 5) is 2.30. The SMILES string of the molecule is CCN(C)c1c(C)cc(C)cc1C. The average Bonchev–Trinajstić information content (AvgIpc) is 2.02. The molecule has 0 spiro atoms. The van der Waals surface area contributed by atoms with Gasteiger partial charge in [0.2, 0.25) is 0 Å². The van der Waals surface area contributed by atoms with Crippen molar-refractivity contribution in [1.29, 1.82) is 0 Å². The first-order chi connectivity index (χ1) is 6.06. The summed E-state index contributed by atoms with van der Waals surface area (Å²) in [5.74, 6) is 0. The number of anilines is 1. The zero-order valence-electron chi connectivity index (χ0n) is 9.31. The molecule has 0 aliphatic carbocycles. The van der Waals surface area contributed by atoms with Crippen LogP contribution in [0.15, 0.2) is 12.1 Å². The summed E-state index contributed by atoms with van der Waals surface area (Å²) in [5, 5.41) is 0. The molecule has 0 aliphatic heterocycles. The number of benzene rings is 1. The van der Waals surface area contributed by atoms with E-state index in [1.165, 1.54) is 22.4 Å². The first kappa shape index (κ1) is 10.1. The monoisotopic (exact) mass is 177 g/mol. The van der Waals surface area contributed by atoms with Gasteiger partial charge in [0.15, 0.2) is 0 Å². The molecule has 0 saturated carbocycles. The highest BCUT2D eigenvalue weighted by atomic mass is 15.1. The second-order valence-electron chi connectivity index (χ2n) is 3.76. The molecule has 0 aliphatic rings. The van der Waals surface area contributed by atoms with Crippen LogP contribution in [-0.4, -0.2) is 13.6 Å². The van der Waals surface area contributed by atoms with Crippen molar-refractivity contribution in [2.24, 2.45) is 0 Å². The van der Waals surface area contributed by atoms with E-state index in [0.29, 0.717) is 0 Å². The molecule has 0 unspecified atom stereocenters. The van der Waals surface area contributed by atoms with Gasteiger partial charge in [-0.15, -0.1) is 0 Å². The third-order valence-corrected chi connectivity index (χ3v) is 2.49. The summed E-state index contributed by atoms with van der Waals surface area (Å²) in [7, 11) is 2.14. The molecule has 0 saturated heterocycles. The molecule has 13 heavy (non-hydrogen) atoms. The molecule has 0 bridgehead atoms. The highest BCUT2D eigenvalue weighted by molar-refractivity contribution is 5.59. The van der Waals surface area contributed by atoms with Crippen LogP contribution in [0.3, 0.4) is 0 Å². The van der Waals surface area contributed by atoms with Crippen molar-refractivity contribution >= 4 is 5.69 Å². The lowest BCUT2D eigenvalue weighted by atomic mass is 10.0. The summed E-state index contributed by atoms with van der Waals surface area (Å²) in [6.07, 6.45) is 0. The van der Waals surface area contributed by atoms with E-state index >= 15 is 0 Å². The third-order valence-electron chi connectivity index (χ3n) is 2.49. The van der Waals surface area contributed by atoms with Crippen LogP contribution >= 0.6 is 0 Å². The molecular weight excluding hydrogens is 158 g/mol. The van der Waals surface area contributed by atoms with E-state index in [0.717, 1.165) is 6.54 Å². The van der Waals surface area contributed by atoms with Crippen molar-refractivity contribution < 1.29 is 0 Å². The zero-order valence-corrected chi connectivity index (χ0v) is 9.31. The molecule has 0 aromatic heterocycles. The Labute approximate surface area is 81.4 Å². The smallest absolute Gasteiger partial charge is 0.0423 e. The van der Waals surface area contributed by atoms with Crippen molar-refractivity contribution in [3.63, 3.8) is 0 Å². The Morgan fingerprint density at radius 2 is 1.54 bits per heavy atom. The number of rotatable bonds is 2. The van der Waals surface area contributed by atoms with Crippen molar-refractivity contribution in [2.75, 3.05) is 18.5 Å². The van der Waals surface area contributed by atoms with Crippen molar-refractivity contribution in [3.05, 3.63) is 28.8 Å². The Morgan fingerprint density at radius 1 is 1.08 bits per heavy atom. The highest BCUT2D eigenvalue weighted by Gasteiger charge is 2.06. The maximum absolute atomic E-state index is 2.30. The molecule has 72 valence electrons. The maximum Gasteiger partial charge on any atom is 0.0423 e. The number of aryl methyl sites for hydroxylation is 3. The lowest BCUT2D eigenvalue weighted by Crippen LogP contribution is -2.18. The van der Waals surface area contributed by atoms with Crippen LogP contribution in [0.4, 0.5) is 5.69 Å². The predicted molar refractivity (Wildman–Crippen MR) is 59.6 cm³/mol. The molecule has 1 nitrogen and oxygen atoms in total. The minimum Gasteiger partial charge on any atom is -0.374 e. The molecule has 0 N–H and O–H groups in total. The van der Waals surface area contributed by atoms with Gasteiger partial charge in [0.25, 0.3) is 0 Å². The second-order valence-corrected chi connectivity index (χ2v) is 3.76. The van der Waals surface area contributed by atoms with Gasteiger partial charge in [0.1, 0.15) is 0 Å². The van der Waals surface area contributed by atoms with Gasteiger partial charge in [-0.2, -0.15) is 0 Å². The van der Waals surface area contributed by atoms with Gasteiger partial charge < -0.3 is 4.90 Å². The highest BCUT2D eigenvalue weighted by Crippen LogP contribution is 2.24. The first-order valence-electron chi connectivity index (χ1n) is 4.85. The van der Waals surface area contributed by atoms with Gasteiger partial charge in [-0.05, 0) is 38.8 Å². The van der Waals surface area contributed by atoms with Crippen molar-refractivity contribution in [3.8, 4) is 0 Å². The second kappa shape index (κ2) is 3.82. The first-order valence-corrected chi connectivity index (χ1v) is 4.85. The molecule has 0 atom stereocenters. The van der Waals surface area contributed by atoms with Gasteiger partial charge in [-0.25, -0.2) is 0 Å². The summed E-state index contributed by atoms with van der Waals surface area (Å²) in [6, 6.07) is 4.49. The van der Waals surface area contributed by atoms with Gasteiger partial charge in [-0.1, -0.05) is 17.7 Å². The summed E-state index contributed by atoms with van der Waals surface area (Å²) in [5.41, 5.74) is 5.49. The van der Waals surface area contributed by atoms with E-state index in [9.17, 15) is 0 Å². The van der Waals surface area contributed by atoms with E-state index in [1.54, 1.807) is 0 Å². The minimum atomic E-state index is 1.06. The molecule has 1 aromatic carbocycles. The van der Waals surface area contributed by atoms with E-state index in [-0.39, 0.29) is 0 Å². The molecule has 0 fully saturated rings. The van der Waals surface area contributed by atoms with Gasteiger partial charge in [-0.3, -0.25) is 0 Å². The molecule has 0 radical (unpaired) electrons. The minimum absolute atomic E-state index is 1.06. The molecule has 1 aromatic rings. The van der Waals surface area contributed by atoms with Gasteiger partial charge in [0.05, 0.1) is 0 Å². The van der Waals surface area contributed by atoms with E-state index in [4.69, 9.17) is 0 Å². The van der Waals surface area contributed by atoms with E-state index < -0.39 is 0 Å². The topological polar surface area (TPSA) is 3.24 Å². The summed E-state index contributed by atoms with van der Waals surface area (Å²) in [6.45, 7) is 9.75. The van der Waals surface area contributed by atoms with Crippen LogP contribution in [0, 0.1) is 20.8 Å². The molecule has 0 amide bonds. The predicted octanol–water partition coefficient (Wildman–Crippen LogP) is 3.07. The van der Waals surface area contributed by atoms with Gasteiger partial charge >= 0.3 is 0 Å². The standard InChI is InChI=1S/C12H19N/c1-6-13(5)12-10(3)7-9(2)8-11(12)4/h7-8H,6H2,1-5H3. The Bertz CT molecular complexity index is 279. The summed E-state index contributed by atoms with van der Waals surface area (Å²) >= 11 is 0. The molecule has 1 rings (SSSR count). The Kier molecular flexibility index (Phi) is 2.97. The van der Waals surface area contributed by atoms with E-state index in [1.807, 2.05) is 0 Å². The van der Waals surface area contributed by atoms with Crippen molar-refractivity contribution in [1.82, 2.24) is 0 Å². The van der Waals surface area contributed by atoms with E-state index in [2.05, 4.69) is 51.8 Å². The van der Waals surface area contributed by atoms with Crippen LogP contribution in [0.5, 0.6) is 0 Å². The van der Waals surface area contributed by atoms with Crippen LogP contribution < -0.4 is 4.90 Å². The van der Waals surface area contributed by atoms with Crippen LogP contribution in [-0.2, 0) is 0 Å². The Morgan fingerprint density at radius 3 is 1.92 bits per heavy atom. The molecule has 0 heterocycles. The van der Waals surface area contributed by atoms with Gasteiger partial charge in [0, 0.05) is 19.3 Å². The number of hydrogen-bond acceptors (Lipinski definition) is 1. The molecule has 1 heteroatoms. The zero-order chi connectivity index (χ0) is 10.0. The van der Waals surface area contributed by atoms with Crippen LogP contribution in [0.1, 0.15) is 23.6 Å². The largest absolute Gasteiger partial charge is 0.374 e. The van der Waals surface area contributed by atoms with Crippen molar-refractivity contribution in [2.45, 2.75) is 27.7 Å². The third kappa shape index (κ3) is 2.03. The average molecular weight is 177 g/mol. The fraction of sp³-hybridized carbons (Fsp3) is 0.500. The number of nitrogens with zero attached hydrogens (tertiary/aromatic N) is 1. The Hall–Kier alpha value is -0.980. The lowest BCUT2D eigenvalue weighted by Gasteiger charge is -2.22. The fourth-order valence-corrected chi connectivity index (χ4v) is 1.93. The maximum atomic E-state index is 2.30. The normalized spacial score (nSPS) is 10.2.